The molecule has 0 atom stereocenters. The van der Waals surface area contributed by atoms with Gasteiger partial charge in [-0.05, 0) is 69.2 Å². The summed E-state index contributed by atoms with van der Waals surface area (Å²) in [7, 11) is 0. The Bertz CT molecular complexity index is 669. The molecule has 0 amide bonds. The fourth-order valence-electron chi connectivity index (χ4n) is 1.73. The second-order valence-electron chi connectivity index (χ2n) is 4.37. The Balaban J connectivity index is 1.84. The van der Waals surface area contributed by atoms with Crippen LogP contribution in [0, 0.1) is 0 Å². The zero-order valence-corrected chi connectivity index (χ0v) is 12.7. The summed E-state index contributed by atoms with van der Waals surface area (Å²) in [6.07, 6.45) is 2.26. The van der Waals surface area contributed by atoms with Crippen molar-refractivity contribution >= 4 is 33.5 Å². The Morgan fingerprint density at radius 1 is 1.50 bits per heavy atom. The van der Waals surface area contributed by atoms with Gasteiger partial charge in [-0.2, -0.15) is 0 Å². The summed E-state index contributed by atoms with van der Waals surface area (Å²) in [5.41, 5.74) is 6.22. The molecule has 3 rings (SSSR count). The molecule has 2 aromatic rings. The molecular weight excluding hydrogens is 344 g/mol. The predicted molar refractivity (Wildman–Crippen MR) is 76.9 cm³/mol. The van der Waals surface area contributed by atoms with E-state index in [0.717, 1.165) is 27.4 Å². The Labute approximate surface area is 127 Å². The first-order valence-electron chi connectivity index (χ1n) is 5.92. The third kappa shape index (κ3) is 2.63. The second kappa shape index (κ2) is 5.41. The van der Waals surface area contributed by atoms with Crippen molar-refractivity contribution in [2.24, 2.45) is 10.9 Å². The molecular formula is C11H11BrN6OS. The molecule has 0 spiro atoms. The maximum Gasteiger partial charge on any atom is 0.214 e. The first kappa shape index (κ1) is 13.4. The van der Waals surface area contributed by atoms with Crippen LogP contribution >= 0.6 is 27.7 Å². The third-order valence-electron chi connectivity index (χ3n) is 2.89. The molecule has 1 aromatic carbocycles. The standard InChI is InChI=1S/C11H11BrN6OS/c12-9-5-7(3-4-8(9)10(13)15-19)20-11-14-16-17-18(11)6-1-2-6/h3-6,19H,1-2H2,(H2,13,15). The number of aromatic nitrogens is 4. The number of hydrogen-bond donors (Lipinski definition) is 2. The molecule has 9 heteroatoms. The van der Waals surface area contributed by atoms with Crippen molar-refractivity contribution in [3.05, 3.63) is 28.2 Å². The van der Waals surface area contributed by atoms with E-state index in [2.05, 4.69) is 36.6 Å². The molecule has 0 radical (unpaired) electrons. The fourth-order valence-corrected chi connectivity index (χ4v) is 3.34. The van der Waals surface area contributed by atoms with Gasteiger partial charge >= 0.3 is 0 Å². The lowest BCUT2D eigenvalue weighted by Crippen LogP contribution is -2.13. The number of tetrazole rings is 1. The van der Waals surface area contributed by atoms with Gasteiger partial charge in [-0.15, -0.1) is 5.10 Å². The Hall–Kier alpha value is -1.61. The molecule has 0 bridgehead atoms. The Morgan fingerprint density at radius 2 is 2.30 bits per heavy atom. The largest absolute Gasteiger partial charge is 0.409 e. The van der Waals surface area contributed by atoms with Gasteiger partial charge in [-0.1, -0.05) is 5.16 Å². The lowest BCUT2D eigenvalue weighted by Gasteiger charge is -2.06. The minimum atomic E-state index is 0.0660. The number of oxime groups is 1. The summed E-state index contributed by atoms with van der Waals surface area (Å²) in [4.78, 5) is 0.975. The minimum absolute atomic E-state index is 0.0660. The normalized spacial score (nSPS) is 15.6. The van der Waals surface area contributed by atoms with Crippen LogP contribution in [0.25, 0.3) is 0 Å². The number of nitrogens with two attached hydrogens (primary N) is 1. The van der Waals surface area contributed by atoms with Crippen molar-refractivity contribution in [3.63, 3.8) is 0 Å². The highest BCUT2D eigenvalue weighted by Gasteiger charge is 2.28. The molecule has 7 nitrogen and oxygen atoms in total. The number of nitrogens with zero attached hydrogens (tertiary/aromatic N) is 5. The van der Waals surface area contributed by atoms with Gasteiger partial charge in [0, 0.05) is 14.9 Å². The smallest absolute Gasteiger partial charge is 0.214 e. The van der Waals surface area contributed by atoms with Crippen LogP contribution in [0.3, 0.4) is 0 Å². The van der Waals surface area contributed by atoms with E-state index < -0.39 is 0 Å². The van der Waals surface area contributed by atoms with Crippen LogP contribution < -0.4 is 5.73 Å². The Kier molecular flexibility index (Phi) is 3.62. The van der Waals surface area contributed by atoms with Crippen molar-refractivity contribution in [2.75, 3.05) is 0 Å². The number of halogens is 1. The summed E-state index contributed by atoms with van der Waals surface area (Å²) >= 11 is 4.89. The molecule has 1 aromatic heterocycles. The van der Waals surface area contributed by atoms with E-state index in [1.807, 2.05) is 16.8 Å². The molecule has 0 unspecified atom stereocenters. The van der Waals surface area contributed by atoms with Gasteiger partial charge in [-0.25, -0.2) is 4.68 Å². The summed E-state index contributed by atoms with van der Waals surface area (Å²) in [6.45, 7) is 0. The van der Waals surface area contributed by atoms with E-state index in [-0.39, 0.29) is 5.84 Å². The molecule has 1 saturated carbocycles. The molecule has 1 fully saturated rings. The van der Waals surface area contributed by atoms with Crippen LogP contribution in [-0.2, 0) is 0 Å². The molecule has 1 aliphatic carbocycles. The van der Waals surface area contributed by atoms with E-state index in [9.17, 15) is 0 Å². The van der Waals surface area contributed by atoms with Gasteiger partial charge in [0.25, 0.3) is 0 Å². The minimum Gasteiger partial charge on any atom is -0.409 e. The molecule has 0 saturated heterocycles. The van der Waals surface area contributed by atoms with Gasteiger partial charge < -0.3 is 10.9 Å². The van der Waals surface area contributed by atoms with Crippen LogP contribution in [0.1, 0.15) is 24.4 Å². The van der Waals surface area contributed by atoms with E-state index in [1.165, 1.54) is 11.8 Å². The van der Waals surface area contributed by atoms with E-state index in [4.69, 9.17) is 10.9 Å². The highest BCUT2D eigenvalue weighted by atomic mass is 79.9. The lowest BCUT2D eigenvalue weighted by molar-refractivity contribution is 0.318. The number of rotatable bonds is 4. The van der Waals surface area contributed by atoms with E-state index >= 15 is 0 Å². The number of hydrogen-bond acceptors (Lipinski definition) is 6. The molecule has 104 valence electrons. The van der Waals surface area contributed by atoms with Crippen LogP contribution in [-0.4, -0.2) is 31.3 Å². The van der Waals surface area contributed by atoms with Crippen molar-refractivity contribution in [2.45, 2.75) is 28.9 Å². The van der Waals surface area contributed by atoms with Crippen molar-refractivity contribution in [1.29, 1.82) is 0 Å². The van der Waals surface area contributed by atoms with Crippen LogP contribution in [0.2, 0.25) is 0 Å². The van der Waals surface area contributed by atoms with Crippen LogP contribution in [0.4, 0.5) is 0 Å². The zero-order valence-electron chi connectivity index (χ0n) is 10.3. The summed E-state index contributed by atoms with van der Waals surface area (Å²) < 4.78 is 2.61. The molecule has 3 N–H and O–H groups in total. The zero-order chi connectivity index (χ0) is 14.1. The predicted octanol–water partition coefficient (Wildman–Crippen LogP) is 2.02. The summed E-state index contributed by atoms with van der Waals surface area (Å²) in [5.74, 6) is 0.0660. The van der Waals surface area contributed by atoms with Gasteiger partial charge in [0.05, 0.1) is 6.04 Å². The number of amidine groups is 1. The monoisotopic (exact) mass is 354 g/mol. The maximum absolute atomic E-state index is 8.70. The average Bonchev–Trinajstić information content (AvgIpc) is 3.19. The first-order chi connectivity index (χ1) is 9.69. The molecule has 0 aliphatic heterocycles. The molecule has 1 aliphatic rings. The van der Waals surface area contributed by atoms with E-state index in [1.54, 1.807) is 6.07 Å². The van der Waals surface area contributed by atoms with Gasteiger partial charge in [-0.3, -0.25) is 0 Å². The summed E-state index contributed by atoms with van der Waals surface area (Å²) in [5, 5.41) is 24.2. The van der Waals surface area contributed by atoms with Crippen LogP contribution in [0.15, 0.2) is 37.9 Å². The SMILES string of the molecule is N/C(=N/O)c1ccc(Sc2nnnn2C2CC2)cc1Br. The molecule has 1 heterocycles. The van der Waals surface area contributed by atoms with Gasteiger partial charge in [0.15, 0.2) is 5.84 Å². The quantitative estimate of drug-likeness (QED) is 0.377. The highest BCUT2D eigenvalue weighted by Crippen LogP contribution is 2.38. The number of benzene rings is 1. The highest BCUT2D eigenvalue weighted by molar-refractivity contribution is 9.10. The van der Waals surface area contributed by atoms with Gasteiger partial charge in [0.2, 0.25) is 5.16 Å². The topological polar surface area (TPSA) is 102 Å². The lowest BCUT2D eigenvalue weighted by atomic mass is 10.2. The third-order valence-corrected chi connectivity index (χ3v) is 4.49. The van der Waals surface area contributed by atoms with Gasteiger partial charge in [0.1, 0.15) is 0 Å². The summed E-state index contributed by atoms with van der Waals surface area (Å²) in [6, 6.07) is 6.00. The first-order valence-corrected chi connectivity index (χ1v) is 7.53. The fraction of sp³-hybridized carbons (Fsp3) is 0.273. The van der Waals surface area contributed by atoms with Crippen LogP contribution in [0.5, 0.6) is 0 Å². The van der Waals surface area contributed by atoms with Crippen molar-refractivity contribution in [3.8, 4) is 0 Å². The molecule has 20 heavy (non-hydrogen) atoms. The van der Waals surface area contributed by atoms with Crippen molar-refractivity contribution in [1.82, 2.24) is 20.2 Å². The average molecular weight is 355 g/mol. The maximum atomic E-state index is 8.70. The second-order valence-corrected chi connectivity index (χ2v) is 6.26. The van der Waals surface area contributed by atoms with Crippen molar-refractivity contribution < 1.29 is 5.21 Å². The van der Waals surface area contributed by atoms with E-state index in [0.29, 0.717) is 11.6 Å². The Morgan fingerprint density at radius 3 is 2.95 bits per heavy atom.